The fraction of sp³-hybridized carbons (Fsp3) is 0.409. The van der Waals surface area contributed by atoms with E-state index >= 15 is 0 Å². The lowest BCUT2D eigenvalue weighted by molar-refractivity contribution is -0.127. The molecule has 1 saturated heterocycles. The fourth-order valence-electron chi connectivity index (χ4n) is 3.65. The van der Waals surface area contributed by atoms with Crippen molar-refractivity contribution in [2.24, 2.45) is 5.92 Å². The molecule has 0 aliphatic carbocycles. The zero-order chi connectivity index (χ0) is 21.0. The average molecular weight is 410 g/mol. The summed E-state index contributed by atoms with van der Waals surface area (Å²) in [6.07, 6.45) is 1.71. The van der Waals surface area contributed by atoms with Gasteiger partial charge in [-0.1, -0.05) is 19.1 Å². The molecule has 7 heteroatoms. The number of hydrogen-bond acceptors (Lipinski definition) is 5. The summed E-state index contributed by atoms with van der Waals surface area (Å²) in [7, 11) is 0. The molecule has 152 valence electrons. The molecule has 3 atom stereocenters. The van der Waals surface area contributed by atoms with Crippen molar-refractivity contribution in [3.63, 3.8) is 0 Å². The van der Waals surface area contributed by atoms with E-state index in [2.05, 4.69) is 41.9 Å². The maximum Gasteiger partial charge on any atom is 0.232 e. The predicted molar refractivity (Wildman–Crippen MR) is 117 cm³/mol. The Labute approximate surface area is 175 Å². The van der Waals surface area contributed by atoms with E-state index in [0.29, 0.717) is 18.0 Å². The molecule has 2 heterocycles. The molecule has 2 aromatic rings. The summed E-state index contributed by atoms with van der Waals surface area (Å²) in [5, 5.41) is 28.5. The first-order chi connectivity index (χ1) is 13.9. The molecule has 0 saturated carbocycles. The number of rotatable bonds is 7. The van der Waals surface area contributed by atoms with Crippen molar-refractivity contribution >= 4 is 23.2 Å². The second kappa shape index (κ2) is 8.76. The van der Waals surface area contributed by atoms with E-state index in [1.54, 1.807) is 17.4 Å². The normalized spacial score (nSPS) is 22.5. The summed E-state index contributed by atoms with van der Waals surface area (Å²) < 4.78 is 0. The SMILES string of the molecule is CCC(C)NCC[C@@H]1C(=O)NC(=N)N[C@]1(C)c1cc(-c2cccc(C#N)c2)cs1. The van der Waals surface area contributed by atoms with Gasteiger partial charge in [-0.25, -0.2) is 0 Å². The lowest BCUT2D eigenvalue weighted by Gasteiger charge is -2.41. The third-order valence-electron chi connectivity index (χ3n) is 5.62. The lowest BCUT2D eigenvalue weighted by atomic mass is 9.79. The van der Waals surface area contributed by atoms with Crippen molar-refractivity contribution in [1.29, 1.82) is 10.7 Å². The number of hydrogen-bond donors (Lipinski definition) is 4. The van der Waals surface area contributed by atoms with Crippen LogP contribution in [0.3, 0.4) is 0 Å². The Morgan fingerprint density at radius 1 is 1.38 bits per heavy atom. The average Bonchev–Trinajstić information content (AvgIpc) is 3.21. The van der Waals surface area contributed by atoms with Crippen LogP contribution >= 0.6 is 11.3 Å². The second-order valence-corrected chi connectivity index (χ2v) is 8.60. The molecule has 1 aromatic carbocycles. The van der Waals surface area contributed by atoms with E-state index in [4.69, 9.17) is 10.7 Å². The molecular formula is C22H27N5OS. The predicted octanol–water partition coefficient (Wildman–Crippen LogP) is 3.55. The van der Waals surface area contributed by atoms with Crippen molar-refractivity contribution in [3.05, 3.63) is 46.2 Å². The molecule has 0 spiro atoms. The Morgan fingerprint density at radius 2 is 2.17 bits per heavy atom. The lowest BCUT2D eigenvalue weighted by Crippen LogP contribution is -2.63. The summed E-state index contributed by atoms with van der Waals surface area (Å²) in [5.41, 5.74) is 1.94. The number of nitrogens with zero attached hydrogens (tertiary/aromatic N) is 1. The fourth-order valence-corrected chi connectivity index (χ4v) is 4.74. The van der Waals surface area contributed by atoms with Gasteiger partial charge in [-0.05, 0) is 67.9 Å². The molecule has 1 fully saturated rings. The first-order valence-electron chi connectivity index (χ1n) is 9.88. The quantitative estimate of drug-likeness (QED) is 0.562. The van der Waals surface area contributed by atoms with Crippen molar-refractivity contribution in [2.45, 2.75) is 45.2 Å². The summed E-state index contributed by atoms with van der Waals surface area (Å²) >= 11 is 1.57. The molecule has 29 heavy (non-hydrogen) atoms. The van der Waals surface area contributed by atoms with E-state index in [1.807, 2.05) is 30.5 Å². The largest absolute Gasteiger partial charge is 0.345 e. The van der Waals surface area contributed by atoms with Gasteiger partial charge >= 0.3 is 0 Å². The standard InChI is InChI=1S/C22H27N5OS/c1-4-14(2)25-9-8-18-20(28)26-21(24)27-22(18,3)19-11-17(13-29-19)16-7-5-6-15(10-16)12-23/h5-7,10-11,13-14,18,25H,4,8-9H2,1-3H3,(H3,24,26,27,28)/t14?,18-,22+/m1/s1. The van der Waals surface area contributed by atoms with Crippen LogP contribution < -0.4 is 16.0 Å². The molecule has 3 rings (SSSR count). The molecule has 1 aromatic heterocycles. The van der Waals surface area contributed by atoms with Crippen molar-refractivity contribution in [1.82, 2.24) is 16.0 Å². The van der Waals surface area contributed by atoms with Crippen LogP contribution in [-0.2, 0) is 10.3 Å². The third kappa shape index (κ3) is 4.50. The smallest absolute Gasteiger partial charge is 0.232 e. The second-order valence-electron chi connectivity index (χ2n) is 7.69. The molecule has 1 aliphatic rings. The van der Waals surface area contributed by atoms with Crippen LogP contribution in [0.15, 0.2) is 35.7 Å². The van der Waals surface area contributed by atoms with Crippen LogP contribution in [0.5, 0.6) is 0 Å². The van der Waals surface area contributed by atoms with Crippen LogP contribution in [0.1, 0.15) is 44.1 Å². The van der Waals surface area contributed by atoms with Gasteiger partial charge in [0.25, 0.3) is 0 Å². The van der Waals surface area contributed by atoms with Gasteiger partial charge < -0.3 is 10.6 Å². The highest BCUT2D eigenvalue weighted by Crippen LogP contribution is 2.39. The summed E-state index contributed by atoms with van der Waals surface area (Å²) in [5.74, 6) is -0.390. The highest BCUT2D eigenvalue weighted by molar-refractivity contribution is 7.10. The van der Waals surface area contributed by atoms with E-state index in [1.165, 1.54) is 0 Å². The Balaban J connectivity index is 1.88. The third-order valence-corrected chi connectivity index (χ3v) is 6.79. The van der Waals surface area contributed by atoms with Crippen molar-refractivity contribution < 1.29 is 4.79 Å². The van der Waals surface area contributed by atoms with Crippen molar-refractivity contribution in [3.8, 4) is 17.2 Å². The van der Waals surface area contributed by atoms with Gasteiger partial charge in [0.1, 0.15) is 0 Å². The highest BCUT2D eigenvalue weighted by Gasteiger charge is 2.45. The Bertz CT molecular complexity index is 947. The van der Waals surface area contributed by atoms with Crippen LogP contribution in [0.2, 0.25) is 0 Å². The highest BCUT2D eigenvalue weighted by atomic mass is 32.1. The number of carbonyl (C=O) groups is 1. The van der Waals surface area contributed by atoms with Gasteiger partial charge in [0.05, 0.1) is 23.1 Å². The van der Waals surface area contributed by atoms with Crippen LogP contribution in [0.4, 0.5) is 0 Å². The number of amides is 1. The molecule has 1 amide bonds. The monoisotopic (exact) mass is 409 g/mol. The van der Waals surface area contributed by atoms with E-state index in [0.717, 1.165) is 29.0 Å². The number of nitrogens with one attached hydrogen (secondary N) is 4. The zero-order valence-corrected chi connectivity index (χ0v) is 17.8. The number of carbonyl (C=O) groups excluding carboxylic acids is 1. The summed E-state index contributed by atoms with van der Waals surface area (Å²) in [6.45, 7) is 7.00. The number of nitriles is 1. The van der Waals surface area contributed by atoms with E-state index < -0.39 is 5.54 Å². The zero-order valence-electron chi connectivity index (χ0n) is 17.0. The van der Waals surface area contributed by atoms with Crippen LogP contribution in [0.25, 0.3) is 11.1 Å². The van der Waals surface area contributed by atoms with Gasteiger partial charge in [0, 0.05) is 10.9 Å². The van der Waals surface area contributed by atoms with Crippen LogP contribution in [0, 0.1) is 22.7 Å². The maximum absolute atomic E-state index is 12.7. The van der Waals surface area contributed by atoms with E-state index in [-0.39, 0.29) is 17.8 Å². The van der Waals surface area contributed by atoms with Gasteiger partial charge in [-0.3, -0.25) is 15.5 Å². The van der Waals surface area contributed by atoms with Crippen molar-refractivity contribution in [2.75, 3.05) is 6.54 Å². The molecule has 4 N–H and O–H groups in total. The maximum atomic E-state index is 12.7. The van der Waals surface area contributed by atoms with Gasteiger partial charge in [-0.2, -0.15) is 5.26 Å². The molecule has 1 aliphatic heterocycles. The minimum absolute atomic E-state index is 0.0325. The molecule has 0 bridgehead atoms. The first-order valence-corrected chi connectivity index (χ1v) is 10.8. The Kier molecular flexibility index (Phi) is 6.36. The minimum Gasteiger partial charge on any atom is -0.345 e. The van der Waals surface area contributed by atoms with Gasteiger partial charge in [-0.15, -0.1) is 11.3 Å². The molecule has 0 radical (unpaired) electrons. The Morgan fingerprint density at radius 3 is 2.90 bits per heavy atom. The number of thiophene rings is 1. The van der Waals surface area contributed by atoms with Crippen LogP contribution in [-0.4, -0.2) is 24.5 Å². The number of guanidine groups is 1. The molecule has 1 unspecified atom stereocenters. The van der Waals surface area contributed by atoms with E-state index in [9.17, 15) is 4.79 Å². The molecule has 6 nitrogen and oxygen atoms in total. The Hall–Kier alpha value is -2.69. The number of benzene rings is 1. The topological polar surface area (TPSA) is 101 Å². The van der Waals surface area contributed by atoms with Gasteiger partial charge in [0.2, 0.25) is 5.91 Å². The summed E-state index contributed by atoms with van der Waals surface area (Å²) in [4.78, 5) is 13.8. The first kappa shape index (κ1) is 21.0. The van der Waals surface area contributed by atoms with Gasteiger partial charge in [0.15, 0.2) is 5.96 Å². The minimum atomic E-state index is -0.660. The summed E-state index contributed by atoms with van der Waals surface area (Å²) in [6, 6.07) is 12.1. The molecular weight excluding hydrogens is 382 g/mol.